The average Bonchev–Trinajstić information content (AvgIpc) is 3.20. The van der Waals surface area contributed by atoms with Gasteiger partial charge in [-0.1, -0.05) is 62.4 Å². The summed E-state index contributed by atoms with van der Waals surface area (Å²) >= 11 is 5.48. The van der Waals surface area contributed by atoms with Gasteiger partial charge in [-0.3, -0.25) is 9.59 Å². The summed E-state index contributed by atoms with van der Waals surface area (Å²) < 4.78 is 11.2. The van der Waals surface area contributed by atoms with E-state index in [1.54, 1.807) is 12.2 Å². The van der Waals surface area contributed by atoms with Crippen molar-refractivity contribution in [3.05, 3.63) is 94.8 Å². The molecule has 1 aliphatic rings. The molecule has 2 atom stereocenters. The molecular weight excluding hydrogens is 490 g/mol. The Morgan fingerprint density at radius 2 is 1.89 bits per heavy atom. The topological polar surface area (TPSA) is 84.9 Å². The van der Waals surface area contributed by atoms with E-state index in [1.807, 2.05) is 77.2 Å². The fourth-order valence-corrected chi connectivity index (χ4v) is 3.84. The molecule has 1 heterocycles. The highest BCUT2D eigenvalue weighted by atomic mass is 35.5. The standard InChI is InChI=1S/C18H21NO3.C10H11ClO2.C2H6/c1-13-10-17(8-6-15(13)7-9-18(20)21)22-16-5-3-4-14(11-16)12-19-2;1-3-9-8(4-5-11)7(2)10(6-12)13-9;1-2/h3-6,8,10-11,19H,7,9,12H2,1-2H3,(H,20,21);3-6,8-9H,1H2,2H3;1-2H3/b;5-4+;. The van der Waals surface area contributed by atoms with Crippen LogP contribution in [-0.4, -0.2) is 30.5 Å². The highest BCUT2D eigenvalue weighted by Crippen LogP contribution is 2.31. The van der Waals surface area contributed by atoms with Crippen LogP contribution < -0.4 is 10.1 Å². The first-order valence-corrected chi connectivity index (χ1v) is 12.7. The molecule has 0 amide bonds. The third-order valence-electron chi connectivity index (χ3n) is 5.56. The average molecular weight is 528 g/mol. The maximum atomic E-state index is 10.6. The SMILES string of the molecule is C=CC1OC(C=O)=C(C)C1/C=C/Cl.CC.CNCc1cccc(Oc2ccc(CCC(=O)O)c(C)c2)c1. The number of carbonyl (C=O) groups excluding carboxylic acids is 1. The number of hydrogen-bond donors (Lipinski definition) is 2. The molecule has 2 aromatic rings. The molecule has 3 rings (SSSR count). The molecule has 0 bridgehead atoms. The number of carboxylic acids is 1. The van der Waals surface area contributed by atoms with Gasteiger partial charge in [-0.2, -0.15) is 0 Å². The highest BCUT2D eigenvalue weighted by molar-refractivity contribution is 6.25. The lowest BCUT2D eigenvalue weighted by molar-refractivity contribution is -0.136. The Morgan fingerprint density at radius 3 is 2.46 bits per heavy atom. The lowest BCUT2D eigenvalue weighted by Crippen LogP contribution is -2.12. The number of rotatable bonds is 10. The summed E-state index contributed by atoms with van der Waals surface area (Å²) in [5.74, 6) is 1.21. The molecule has 6 nitrogen and oxygen atoms in total. The monoisotopic (exact) mass is 527 g/mol. The number of ether oxygens (including phenoxy) is 2. The molecule has 200 valence electrons. The zero-order valence-corrected chi connectivity index (χ0v) is 23.0. The van der Waals surface area contributed by atoms with Crippen molar-refractivity contribution < 1.29 is 24.2 Å². The van der Waals surface area contributed by atoms with Crippen LogP contribution in [0.5, 0.6) is 11.5 Å². The largest absolute Gasteiger partial charge is 0.482 e. The number of aryl methyl sites for hydroxylation is 2. The first kappa shape index (κ1) is 31.7. The van der Waals surface area contributed by atoms with Crippen molar-refractivity contribution in [2.45, 2.75) is 53.2 Å². The maximum absolute atomic E-state index is 10.6. The van der Waals surface area contributed by atoms with Crippen LogP contribution in [0.3, 0.4) is 0 Å². The second-order valence-corrected chi connectivity index (χ2v) is 8.34. The van der Waals surface area contributed by atoms with Crippen LogP contribution in [-0.2, 0) is 27.3 Å². The Morgan fingerprint density at radius 1 is 1.19 bits per heavy atom. The van der Waals surface area contributed by atoms with Crippen LogP contribution in [0.2, 0.25) is 0 Å². The predicted molar refractivity (Wildman–Crippen MR) is 150 cm³/mol. The number of carboxylic acid groups (broad SMARTS) is 1. The molecular formula is C30H38ClNO5. The van der Waals surface area contributed by atoms with E-state index in [9.17, 15) is 9.59 Å². The minimum Gasteiger partial charge on any atom is -0.482 e. The summed E-state index contributed by atoms with van der Waals surface area (Å²) in [5, 5.41) is 11.9. The van der Waals surface area contributed by atoms with Crippen LogP contribution in [0.1, 0.15) is 43.9 Å². The van der Waals surface area contributed by atoms with E-state index in [4.69, 9.17) is 26.2 Å². The Labute approximate surface area is 225 Å². The molecule has 0 saturated heterocycles. The van der Waals surface area contributed by atoms with Crippen molar-refractivity contribution in [1.29, 1.82) is 0 Å². The molecule has 7 heteroatoms. The highest BCUT2D eigenvalue weighted by Gasteiger charge is 2.29. The Bertz CT molecular complexity index is 1090. The van der Waals surface area contributed by atoms with Crippen LogP contribution in [0, 0.1) is 12.8 Å². The summed E-state index contributed by atoms with van der Waals surface area (Å²) in [7, 11) is 1.91. The first-order valence-electron chi connectivity index (χ1n) is 12.3. The van der Waals surface area contributed by atoms with Crippen LogP contribution >= 0.6 is 11.6 Å². The molecule has 1 aliphatic heterocycles. The molecule has 0 spiro atoms. The van der Waals surface area contributed by atoms with Gasteiger partial charge in [0.05, 0.1) is 0 Å². The van der Waals surface area contributed by atoms with E-state index in [1.165, 1.54) is 5.54 Å². The number of carbonyl (C=O) groups is 2. The number of benzene rings is 2. The molecule has 2 aromatic carbocycles. The van der Waals surface area contributed by atoms with Crippen molar-refractivity contribution >= 4 is 23.9 Å². The summed E-state index contributed by atoms with van der Waals surface area (Å²) in [6.07, 6.45) is 4.69. The van der Waals surface area contributed by atoms with E-state index in [0.717, 1.165) is 40.3 Å². The van der Waals surface area contributed by atoms with Crippen LogP contribution in [0.15, 0.2) is 78.1 Å². The van der Waals surface area contributed by atoms with Gasteiger partial charge < -0.3 is 19.9 Å². The Balaban J connectivity index is 0.000000389. The smallest absolute Gasteiger partial charge is 0.303 e. The molecule has 2 N–H and O–H groups in total. The van der Waals surface area contributed by atoms with Gasteiger partial charge >= 0.3 is 5.97 Å². The molecule has 37 heavy (non-hydrogen) atoms. The van der Waals surface area contributed by atoms with Gasteiger partial charge in [0.2, 0.25) is 0 Å². The number of aliphatic carboxylic acids is 1. The van der Waals surface area contributed by atoms with Gasteiger partial charge in [0.25, 0.3) is 0 Å². The van der Waals surface area contributed by atoms with Gasteiger partial charge in [-0.15, -0.1) is 0 Å². The summed E-state index contributed by atoms with van der Waals surface area (Å²) in [4.78, 5) is 21.2. The molecule has 2 unspecified atom stereocenters. The van der Waals surface area contributed by atoms with Gasteiger partial charge in [-0.05, 0) is 73.8 Å². The number of nitrogens with one attached hydrogen (secondary N) is 1. The minimum atomic E-state index is -0.777. The Hall–Kier alpha value is -3.35. The van der Waals surface area contributed by atoms with Crippen molar-refractivity contribution in [2.24, 2.45) is 5.92 Å². The number of allylic oxidation sites excluding steroid dienone is 1. The Kier molecular flexibility index (Phi) is 14.7. The van der Waals surface area contributed by atoms with Crippen molar-refractivity contribution in [3.63, 3.8) is 0 Å². The molecule has 0 saturated carbocycles. The number of halogens is 1. The normalized spacial score (nSPS) is 16.2. The van der Waals surface area contributed by atoms with Gasteiger partial charge in [0.1, 0.15) is 17.6 Å². The molecule has 0 aliphatic carbocycles. The fraction of sp³-hybridized carbons (Fsp3) is 0.333. The second-order valence-electron chi connectivity index (χ2n) is 8.09. The van der Waals surface area contributed by atoms with E-state index in [2.05, 4.69) is 11.9 Å². The fourth-order valence-electron chi connectivity index (χ4n) is 3.68. The minimum absolute atomic E-state index is 0.0372. The summed E-state index contributed by atoms with van der Waals surface area (Å²) in [6.45, 7) is 12.3. The lowest BCUT2D eigenvalue weighted by atomic mass is 9.96. The van der Waals surface area contributed by atoms with Gasteiger partial charge in [-0.25, -0.2) is 0 Å². The second kappa shape index (κ2) is 17.2. The molecule has 0 aromatic heterocycles. The zero-order valence-electron chi connectivity index (χ0n) is 22.3. The quantitative estimate of drug-likeness (QED) is 0.256. The van der Waals surface area contributed by atoms with Crippen LogP contribution in [0.25, 0.3) is 0 Å². The maximum Gasteiger partial charge on any atom is 0.303 e. The van der Waals surface area contributed by atoms with E-state index in [-0.39, 0.29) is 18.4 Å². The van der Waals surface area contributed by atoms with E-state index < -0.39 is 5.97 Å². The van der Waals surface area contributed by atoms with Crippen molar-refractivity contribution in [2.75, 3.05) is 7.05 Å². The molecule has 0 fully saturated rings. The van der Waals surface area contributed by atoms with E-state index >= 15 is 0 Å². The predicted octanol–water partition coefficient (Wildman–Crippen LogP) is 6.96. The van der Waals surface area contributed by atoms with Gasteiger partial charge in [0.15, 0.2) is 12.0 Å². The van der Waals surface area contributed by atoms with Gasteiger partial charge in [0, 0.05) is 24.4 Å². The zero-order chi connectivity index (χ0) is 27.8. The third kappa shape index (κ3) is 10.3. The first-order chi connectivity index (χ1) is 17.8. The van der Waals surface area contributed by atoms with Crippen molar-refractivity contribution in [1.82, 2.24) is 5.32 Å². The summed E-state index contributed by atoms with van der Waals surface area (Å²) in [5.41, 5.74) is 5.58. The third-order valence-corrected chi connectivity index (χ3v) is 5.71. The van der Waals surface area contributed by atoms with E-state index in [0.29, 0.717) is 18.5 Å². The number of hydrogen-bond acceptors (Lipinski definition) is 5. The molecule has 0 radical (unpaired) electrons. The number of aldehydes is 1. The summed E-state index contributed by atoms with van der Waals surface area (Å²) in [6, 6.07) is 13.7. The lowest BCUT2D eigenvalue weighted by Gasteiger charge is -2.11. The van der Waals surface area contributed by atoms with Crippen molar-refractivity contribution in [3.8, 4) is 11.5 Å². The van der Waals surface area contributed by atoms with Crippen LogP contribution in [0.4, 0.5) is 0 Å².